The number of alkyl halides is 3. The average Bonchev–Trinajstić information content (AvgIpc) is 2.82. The second-order valence-electron chi connectivity index (χ2n) is 12.9. The first-order valence-electron chi connectivity index (χ1n) is 14.9. The molecular weight excluding hydrogens is 417 g/mol. The largest absolute Gasteiger partial charge is 0.247 e. The molecular formula is C30H51F3. The summed E-state index contributed by atoms with van der Waals surface area (Å²) in [4.78, 5) is 0. The molecule has 0 nitrogen and oxygen atoms in total. The molecule has 0 heterocycles. The molecule has 7 atom stereocenters. The fraction of sp³-hybridized carbons (Fsp3) is 1.00. The predicted octanol–water partition coefficient (Wildman–Crippen LogP) is 9.66. The normalized spacial score (nSPS) is 47.4. The van der Waals surface area contributed by atoms with Crippen molar-refractivity contribution in [3.63, 3.8) is 0 Å². The van der Waals surface area contributed by atoms with Gasteiger partial charge in [-0.2, -0.15) is 0 Å². The van der Waals surface area contributed by atoms with E-state index >= 15 is 8.78 Å². The molecule has 0 aromatic heterocycles. The van der Waals surface area contributed by atoms with Crippen LogP contribution in [0.25, 0.3) is 0 Å². The van der Waals surface area contributed by atoms with Crippen LogP contribution in [0.2, 0.25) is 0 Å². The van der Waals surface area contributed by atoms with Crippen molar-refractivity contribution in [3.8, 4) is 0 Å². The number of hydrogen-bond acceptors (Lipinski definition) is 0. The first-order chi connectivity index (χ1) is 16.0. The van der Waals surface area contributed by atoms with Gasteiger partial charge in [0.15, 0.2) is 0 Å². The van der Waals surface area contributed by atoms with E-state index in [0.717, 1.165) is 70.1 Å². The van der Waals surface area contributed by atoms with Gasteiger partial charge >= 0.3 is 0 Å². The van der Waals surface area contributed by atoms with Gasteiger partial charge in [-0.25, -0.2) is 13.2 Å². The average molecular weight is 469 g/mol. The Morgan fingerprint density at radius 3 is 1.85 bits per heavy atom. The topological polar surface area (TPSA) is 0 Å². The van der Waals surface area contributed by atoms with Gasteiger partial charge in [0.25, 0.3) is 0 Å². The third-order valence-electron chi connectivity index (χ3n) is 10.8. The standard InChI is InChI=1S/C30H51F3/c1-3-4-22-10-17-26(28(31)19-22)23-13-7-21(8-14-23)9-15-25-16-18-27(30(33)29(25)32)24-11-5-20(2)6-12-24/h20-30H,3-19H2,1-2H3. The van der Waals surface area contributed by atoms with Crippen LogP contribution in [0.15, 0.2) is 0 Å². The van der Waals surface area contributed by atoms with E-state index in [9.17, 15) is 4.39 Å². The highest BCUT2D eigenvalue weighted by atomic mass is 19.2. The highest BCUT2D eigenvalue weighted by Gasteiger charge is 2.44. The zero-order chi connectivity index (χ0) is 23.4. The van der Waals surface area contributed by atoms with E-state index in [1.165, 1.54) is 44.9 Å². The van der Waals surface area contributed by atoms with Crippen molar-refractivity contribution in [2.75, 3.05) is 0 Å². The predicted molar refractivity (Wildman–Crippen MR) is 132 cm³/mol. The lowest BCUT2D eigenvalue weighted by Gasteiger charge is -2.42. The molecule has 0 saturated heterocycles. The minimum absolute atomic E-state index is 0.0275. The highest BCUT2D eigenvalue weighted by Crippen LogP contribution is 2.47. The van der Waals surface area contributed by atoms with Crippen molar-refractivity contribution >= 4 is 0 Å². The Morgan fingerprint density at radius 2 is 1.18 bits per heavy atom. The van der Waals surface area contributed by atoms with E-state index < -0.39 is 18.5 Å². The molecule has 0 amide bonds. The van der Waals surface area contributed by atoms with Crippen LogP contribution < -0.4 is 0 Å². The molecule has 0 radical (unpaired) electrons. The van der Waals surface area contributed by atoms with Gasteiger partial charge in [0.05, 0.1) is 0 Å². The lowest BCUT2D eigenvalue weighted by atomic mass is 9.66. The maximum Gasteiger partial charge on any atom is 0.134 e. The molecule has 4 saturated carbocycles. The summed E-state index contributed by atoms with van der Waals surface area (Å²) in [7, 11) is 0. The fourth-order valence-electron chi connectivity index (χ4n) is 8.51. The van der Waals surface area contributed by atoms with E-state index in [2.05, 4.69) is 13.8 Å². The Hall–Kier alpha value is -0.210. The molecule has 0 bridgehead atoms. The van der Waals surface area contributed by atoms with Gasteiger partial charge in [-0.05, 0) is 112 Å². The van der Waals surface area contributed by atoms with E-state index in [-0.39, 0.29) is 11.8 Å². The van der Waals surface area contributed by atoms with E-state index in [1.54, 1.807) is 0 Å². The van der Waals surface area contributed by atoms with Crippen molar-refractivity contribution in [2.24, 2.45) is 47.3 Å². The summed E-state index contributed by atoms with van der Waals surface area (Å²) >= 11 is 0. The summed E-state index contributed by atoms with van der Waals surface area (Å²) in [6.45, 7) is 4.50. The first kappa shape index (κ1) is 25.9. The molecule has 0 spiro atoms. The molecule has 4 aliphatic rings. The van der Waals surface area contributed by atoms with Gasteiger partial charge in [-0.15, -0.1) is 0 Å². The zero-order valence-corrected chi connectivity index (χ0v) is 21.5. The molecule has 0 aromatic carbocycles. The van der Waals surface area contributed by atoms with Gasteiger partial charge in [-0.3, -0.25) is 0 Å². The number of halogens is 3. The molecule has 4 aliphatic carbocycles. The van der Waals surface area contributed by atoms with Crippen molar-refractivity contribution in [1.29, 1.82) is 0 Å². The smallest absolute Gasteiger partial charge is 0.134 e. The summed E-state index contributed by atoms with van der Waals surface area (Å²) in [5.74, 6) is 3.21. The SMILES string of the molecule is CCCC1CCC(C2CCC(CCC3CCC(C4CCC(C)CC4)C(F)C3F)CC2)C(F)C1. The molecule has 3 heteroatoms. The second kappa shape index (κ2) is 12.2. The molecule has 4 rings (SSSR count). The molecule has 0 aliphatic heterocycles. The number of hydrogen-bond donors (Lipinski definition) is 0. The molecule has 4 fully saturated rings. The van der Waals surface area contributed by atoms with Gasteiger partial charge in [0, 0.05) is 0 Å². The quantitative estimate of drug-likeness (QED) is 0.349. The monoisotopic (exact) mass is 468 g/mol. The molecule has 33 heavy (non-hydrogen) atoms. The fourth-order valence-corrected chi connectivity index (χ4v) is 8.51. The summed E-state index contributed by atoms with van der Waals surface area (Å²) in [6, 6.07) is 0. The van der Waals surface area contributed by atoms with Crippen molar-refractivity contribution in [1.82, 2.24) is 0 Å². The summed E-state index contributed by atoms with van der Waals surface area (Å²) in [5, 5.41) is 0. The molecule has 0 aromatic rings. The maximum absolute atomic E-state index is 15.1. The van der Waals surface area contributed by atoms with Crippen LogP contribution in [-0.4, -0.2) is 18.5 Å². The summed E-state index contributed by atoms with van der Waals surface area (Å²) in [5.41, 5.74) is 0. The van der Waals surface area contributed by atoms with Gasteiger partial charge in [-0.1, -0.05) is 58.8 Å². The summed E-state index contributed by atoms with van der Waals surface area (Å²) < 4.78 is 45.1. The van der Waals surface area contributed by atoms with Crippen LogP contribution in [0.3, 0.4) is 0 Å². The van der Waals surface area contributed by atoms with Crippen LogP contribution in [-0.2, 0) is 0 Å². The van der Waals surface area contributed by atoms with Crippen molar-refractivity contribution in [2.45, 2.75) is 142 Å². The van der Waals surface area contributed by atoms with E-state index in [0.29, 0.717) is 29.6 Å². The van der Waals surface area contributed by atoms with Crippen LogP contribution in [0.4, 0.5) is 13.2 Å². The molecule has 7 unspecified atom stereocenters. The van der Waals surface area contributed by atoms with Crippen LogP contribution >= 0.6 is 0 Å². The van der Waals surface area contributed by atoms with E-state index in [4.69, 9.17) is 0 Å². The molecule has 0 N–H and O–H groups in total. The van der Waals surface area contributed by atoms with Crippen LogP contribution in [0.5, 0.6) is 0 Å². The Balaban J connectivity index is 1.17. The zero-order valence-electron chi connectivity index (χ0n) is 21.5. The van der Waals surface area contributed by atoms with Crippen molar-refractivity contribution in [3.05, 3.63) is 0 Å². The Bertz CT molecular complexity index is 563. The Labute approximate surface area is 202 Å². The van der Waals surface area contributed by atoms with Crippen LogP contribution in [0, 0.1) is 47.3 Å². The maximum atomic E-state index is 15.1. The lowest BCUT2D eigenvalue weighted by molar-refractivity contribution is -0.0158. The summed E-state index contributed by atoms with van der Waals surface area (Å²) in [6.07, 6.45) is 15.4. The Kier molecular flexibility index (Phi) is 9.53. The first-order valence-corrected chi connectivity index (χ1v) is 14.9. The molecule has 192 valence electrons. The third kappa shape index (κ3) is 6.52. The van der Waals surface area contributed by atoms with Crippen LogP contribution in [0.1, 0.15) is 123 Å². The minimum Gasteiger partial charge on any atom is -0.247 e. The lowest BCUT2D eigenvalue weighted by Crippen LogP contribution is -2.42. The minimum atomic E-state index is -1.25. The second-order valence-corrected chi connectivity index (χ2v) is 12.9. The highest BCUT2D eigenvalue weighted by molar-refractivity contribution is 4.93. The van der Waals surface area contributed by atoms with E-state index in [1.807, 2.05) is 0 Å². The third-order valence-corrected chi connectivity index (χ3v) is 10.8. The van der Waals surface area contributed by atoms with Gasteiger partial charge in [0.2, 0.25) is 0 Å². The van der Waals surface area contributed by atoms with Gasteiger partial charge < -0.3 is 0 Å². The number of rotatable bonds is 7. The van der Waals surface area contributed by atoms with Gasteiger partial charge in [0.1, 0.15) is 18.5 Å². The van der Waals surface area contributed by atoms with Crippen molar-refractivity contribution < 1.29 is 13.2 Å². The Morgan fingerprint density at radius 1 is 0.576 bits per heavy atom.